The fourth-order valence-corrected chi connectivity index (χ4v) is 7.48. The quantitative estimate of drug-likeness (QED) is 0.603. The molecule has 5 rings (SSSR count). The second-order valence-electron chi connectivity index (χ2n) is 10.4. The van der Waals surface area contributed by atoms with Gasteiger partial charge in [0.15, 0.2) is 5.78 Å². The standard InChI is InChI=1S/C26H32O3/c1-25-14-12-19(27)16-18(25)8-9-20-21-10-11-23(26(21,2)15-13-22(20)25)29-24(28)17-6-4-3-5-7-17/h3-7,16,20-23H,8-15H2,1-2H3/t20-,21-,22-,23+,25+,26-/m1/s1. The van der Waals surface area contributed by atoms with Crippen LogP contribution in [0.25, 0.3) is 0 Å². The molecule has 3 fully saturated rings. The summed E-state index contributed by atoms with van der Waals surface area (Å²) in [5.74, 6) is 2.16. The summed E-state index contributed by atoms with van der Waals surface area (Å²) in [5.41, 5.74) is 2.37. The lowest BCUT2D eigenvalue weighted by molar-refractivity contribution is -0.118. The van der Waals surface area contributed by atoms with E-state index in [9.17, 15) is 9.59 Å². The summed E-state index contributed by atoms with van der Waals surface area (Å²) < 4.78 is 6.10. The maximum atomic E-state index is 12.7. The molecule has 0 N–H and O–H groups in total. The Morgan fingerprint density at radius 2 is 1.76 bits per heavy atom. The van der Waals surface area contributed by atoms with Crippen molar-refractivity contribution in [3.05, 3.63) is 47.5 Å². The van der Waals surface area contributed by atoms with Crippen molar-refractivity contribution >= 4 is 11.8 Å². The molecule has 29 heavy (non-hydrogen) atoms. The minimum absolute atomic E-state index is 0.0267. The van der Waals surface area contributed by atoms with Crippen molar-refractivity contribution < 1.29 is 14.3 Å². The lowest BCUT2D eigenvalue weighted by Gasteiger charge is -2.57. The molecule has 0 spiro atoms. The highest BCUT2D eigenvalue weighted by molar-refractivity contribution is 5.91. The molecule has 1 aromatic rings. The summed E-state index contributed by atoms with van der Waals surface area (Å²) in [6.07, 6.45) is 10.5. The van der Waals surface area contributed by atoms with Crippen molar-refractivity contribution in [2.24, 2.45) is 28.6 Å². The van der Waals surface area contributed by atoms with Gasteiger partial charge in [-0.2, -0.15) is 0 Å². The first-order valence-corrected chi connectivity index (χ1v) is 11.4. The van der Waals surface area contributed by atoms with Crippen molar-refractivity contribution in [1.82, 2.24) is 0 Å². The number of carbonyl (C=O) groups excluding carboxylic acids is 2. The van der Waals surface area contributed by atoms with Gasteiger partial charge in [0.2, 0.25) is 0 Å². The fraction of sp³-hybridized carbons (Fsp3) is 0.615. The zero-order valence-electron chi connectivity index (χ0n) is 17.7. The van der Waals surface area contributed by atoms with Gasteiger partial charge < -0.3 is 4.74 Å². The van der Waals surface area contributed by atoms with Gasteiger partial charge in [0.05, 0.1) is 5.56 Å². The molecule has 6 atom stereocenters. The Morgan fingerprint density at radius 1 is 0.966 bits per heavy atom. The van der Waals surface area contributed by atoms with Crippen LogP contribution in [0.4, 0.5) is 0 Å². The molecule has 1 aromatic carbocycles. The molecule has 0 heterocycles. The van der Waals surface area contributed by atoms with E-state index in [-0.39, 0.29) is 22.9 Å². The topological polar surface area (TPSA) is 43.4 Å². The number of benzene rings is 1. The normalized spacial score (nSPS) is 41.0. The highest BCUT2D eigenvalue weighted by Crippen LogP contribution is 2.65. The van der Waals surface area contributed by atoms with Crippen LogP contribution in [0.5, 0.6) is 0 Å². The second kappa shape index (κ2) is 6.82. The molecule has 0 aliphatic heterocycles. The number of ketones is 1. The van der Waals surface area contributed by atoms with Crippen LogP contribution in [0.15, 0.2) is 42.0 Å². The average Bonchev–Trinajstić information content (AvgIpc) is 3.05. The zero-order chi connectivity index (χ0) is 20.2. The van der Waals surface area contributed by atoms with Crippen LogP contribution in [0.2, 0.25) is 0 Å². The van der Waals surface area contributed by atoms with Crippen molar-refractivity contribution in [2.75, 3.05) is 0 Å². The third kappa shape index (κ3) is 2.92. The van der Waals surface area contributed by atoms with Crippen molar-refractivity contribution in [1.29, 1.82) is 0 Å². The van der Waals surface area contributed by atoms with Crippen LogP contribution < -0.4 is 0 Å². The van der Waals surface area contributed by atoms with Crippen LogP contribution in [-0.4, -0.2) is 17.9 Å². The molecule has 154 valence electrons. The molecular formula is C26H32O3. The van der Waals surface area contributed by atoms with E-state index >= 15 is 0 Å². The Bertz CT molecular complexity index is 856. The van der Waals surface area contributed by atoms with Gasteiger partial charge in [-0.3, -0.25) is 4.79 Å². The minimum atomic E-state index is -0.175. The van der Waals surface area contributed by atoms with E-state index in [4.69, 9.17) is 4.74 Å². The number of fused-ring (bicyclic) bond motifs is 5. The molecule has 0 amide bonds. The number of carbonyl (C=O) groups is 2. The monoisotopic (exact) mass is 392 g/mol. The van der Waals surface area contributed by atoms with Gasteiger partial charge in [-0.15, -0.1) is 0 Å². The van der Waals surface area contributed by atoms with Gasteiger partial charge in [-0.05, 0) is 86.3 Å². The molecular weight excluding hydrogens is 360 g/mol. The van der Waals surface area contributed by atoms with E-state index in [1.165, 1.54) is 24.8 Å². The van der Waals surface area contributed by atoms with Gasteiger partial charge >= 0.3 is 5.97 Å². The molecule has 3 saturated carbocycles. The summed E-state index contributed by atoms with van der Waals surface area (Å²) in [5, 5.41) is 0. The predicted octanol–water partition coefficient (Wildman–Crippen LogP) is 5.74. The van der Waals surface area contributed by atoms with E-state index in [1.807, 2.05) is 36.4 Å². The van der Waals surface area contributed by atoms with Crippen LogP contribution in [0.3, 0.4) is 0 Å². The van der Waals surface area contributed by atoms with Crippen LogP contribution in [0, 0.1) is 28.6 Å². The first kappa shape index (κ1) is 19.1. The molecule has 0 radical (unpaired) electrons. The fourth-order valence-electron chi connectivity index (χ4n) is 7.48. The Hall–Kier alpha value is -1.90. The lowest BCUT2D eigenvalue weighted by Crippen LogP contribution is -2.51. The first-order chi connectivity index (χ1) is 13.9. The SMILES string of the molecule is C[C@@]12CC[C@@H]3[C@H](CCC4=CC(=O)CC[C@@]43C)[C@H]1CC[C@@H]2OC(=O)c1ccccc1. The van der Waals surface area contributed by atoms with Crippen LogP contribution >= 0.6 is 0 Å². The summed E-state index contributed by atoms with van der Waals surface area (Å²) in [6, 6.07) is 9.39. The number of esters is 1. The molecule has 4 aliphatic rings. The first-order valence-electron chi connectivity index (χ1n) is 11.4. The molecule has 0 unspecified atom stereocenters. The van der Waals surface area contributed by atoms with E-state index in [0.29, 0.717) is 35.5 Å². The molecule has 3 nitrogen and oxygen atoms in total. The third-order valence-electron chi connectivity index (χ3n) is 9.13. The molecule has 3 heteroatoms. The molecule has 0 aromatic heterocycles. The number of hydrogen-bond donors (Lipinski definition) is 0. The van der Waals surface area contributed by atoms with Gasteiger partial charge in [-0.1, -0.05) is 37.6 Å². The van der Waals surface area contributed by atoms with E-state index in [1.54, 1.807) is 0 Å². The van der Waals surface area contributed by atoms with E-state index < -0.39 is 0 Å². The second-order valence-corrected chi connectivity index (χ2v) is 10.4. The number of allylic oxidation sites excluding steroid dienone is 1. The lowest BCUT2D eigenvalue weighted by atomic mass is 9.47. The number of hydrogen-bond acceptors (Lipinski definition) is 3. The summed E-state index contributed by atoms with van der Waals surface area (Å²) >= 11 is 0. The summed E-state index contributed by atoms with van der Waals surface area (Å²) in [6.45, 7) is 4.80. The number of ether oxygens (including phenoxy) is 1. The maximum absolute atomic E-state index is 12.7. The van der Waals surface area contributed by atoms with Gasteiger partial charge in [0.1, 0.15) is 6.10 Å². The smallest absolute Gasteiger partial charge is 0.338 e. The number of rotatable bonds is 2. The predicted molar refractivity (Wildman–Crippen MR) is 112 cm³/mol. The Labute approximate surface area is 173 Å². The maximum Gasteiger partial charge on any atom is 0.338 e. The van der Waals surface area contributed by atoms with Gasteiger partial charge in [0.25, 0.3) is 0 Å². The van der Waals surface area contributed by atoms with Crippen molar-refractivity contribution in [3.8, 4) is 0 Å². The van der Waals surface area contributed by atoms with Crippen LogP contribution in [0.1, 0.15) is 75.6 Å². The van der Waals surface area contributed by atoms with Crippen molar-refractivity contribution in [3.63, 3.8) is 0 Å². The molecule has 0 saturated heterocycles. The largest absolute Gasteiger partial charge is 0.458 e. The van der Waals surface area contributed by atoms with E-state index in [2.05, 4.69) is 13.8 Å². The highest BCUT2D eigenvalue weighted by Gasteiger charge is 2.59. The van der Waals surface area contributed by atoms with Crippen molar-refractivity contribution in [2.45, 2.75) is 71.3 Å². The molecule has 0 bridgehead atoms. The van der Waals surface area contributed by atoms with E-state index in [0.717, 1.165) is 25.7 Å². The minimum Gasteiger partial charge on any atom is -0.458 e. The van der Waals surface area contributed by atoms with Gasteiger partial charge in [-0.25, -0.2) is 4.79 Å². The van der Waals surface area contributed by atoms with Gasteiger partial charge in [0, 0.05) is 11.8 Å². The summed E-state index contributed by atoms with van der Waals surface area (Å²) in [7, 11) is 0. The van der Waals surface area contributed by atoms with Crippen LogP contribution in [-0.2, 0) is 9.53 Å². The highest BCUT2D eigenvalue weighted by atomic mass is 16.5. The zero-order valence-corrected chi connectivity index (χ0v) is 17.7. The average molecular weight is 393 g/mol. The summed E-state index contributed by atoms with van der Waals surface area (Å²) in [4.78, 5) is 24.7. The Balaban J connectivity index is 1.37. The Morgan fingerprint density at radius 3 is 2.55 bits per heavy atom. The molecule has 4 aliphatic carbocycles. The Kier molecular flexibility index (Phi) is 4.49. The third-order valence-corrected chi connectivity index (χ3v) is 9.13.